The molecule has 0 bridgehead atoms. The molecule has 0 aromatic heterocycles. The number of hydrogen-bond donors (Lipinski definition) is 1. The molecular weight excluding hydrogens is 473 g/mol. The van der Waals surface area contributed by atoms with E-state index in [0.29, 0.717) is 0 Å². The third-order valence-electron chi connectivity index (χ3n) is 3.54. The van der Waals surface area contributed by atoms with Gasteiger partial charge in [0.15, 0.2) is 12.2 Å². The van der Waals surface area contributed by atoms with Gasteiger partial charge in [-0.2, -0.15) is 0 Å². The van der Waals surface area contributed by atoms with Crippen LogP contribution in [0.1, 0.15) is 27.7 Å². The minimum atomic E-state index is -2.42. The number of hydrogen-bond acceptors (Lipinski definition) is 10. The van der Waals surface area contributed by atoms with Crippen LogP contribution in [0.25, 0.3) is 0 Å². The van der Waals surface area contributed by atoms with Crippen LogP contribution in [0.15, 0.2) is 0 Å². The predicted octanol–water partition coefficient (Wildman–Crippen LogP) is 0.556. The Kier molecular flexibility index (Phi) is 9.60. The van der Waals surface area contributed by atoms with Crippen LogP contribution < -0.4 is 5.32 Å². The van der Waals surface area contributed by atoms with Crippen molar-refractivity contribution in [2.45, 2.75) is 62.1 Å². The summed E-state index contributed by atoms with van der Waals surface area (Å²) in [6.07, 6.45) is -5.64. The number of carbonyl (C=O) groups excluding carboxylic acids is 5. The molecule has 1 N–H and O–H groups in total. The van der Waals surface area contributed by atoms with E-state index in [9.17, 15) is 24.0 Å². The second-order valence-electron chi connectivity index (χ2n) is 6.10. The number of nitrogens with one attached hydrogen (secondary N) is 1. The van der Waals surface area contributed by atoms with Crippen LogP contribution in [0.2, 0.25) is 0 Å². The molecule has 1 aliphatic rings. The zero-order chi connectivity index (χ0) is 23.2. The fraction of sp³-hybridized carbons (Fsp3) is 0.688. The van der Waals surface area contributed by atoms with E-state index >= 15 is 0 Å². The first kappa shape index (κ1) is 26.2. The molecule has 1 rings (SSSR count). The Balaban J connectivity index is 3.39. The van der Waals surface area contributed by atoms with Gasteiger partial charge in [0.25, 0.3) is 9.70 Å². The Morgan fingerprint density at radius 1 is 0.833 bits per heavy atom. The van der Waals surface area contributed by atoms with E-state index in [1.54, 1.807) is 0 Å². The van der Waals surface area contributed by atoms with E-state index in [1.807, 2.05) is 0 Å². The quantitative estimate of drug-likeness (QED) is 0.317. The maximum absolute atomic E-state index is 12.2. The highest BCUT2D eigenvalue weighted by Crippen LogP contribution is 2.31. The van der Waals surface area contributed by atoms with Gasteiger partial charge in [-0.3, -0.25) is 24.0 Å². The van der Waals surface area contributed by atoms with Crippen molar-refractivity contribution in [3.63, 3.8) is 0 Å². The molecular formula is C16H20Cl3NO10. The number of halogens is 3. The SMILES string of the molecule is CC(=O)OC[C@@H]1O[C@@H](OC(C)=O)[C@@H](NC(=O)C(Cl)(Cl)Cl)[C@@H](OC(C)=O)[C@H]1OC(C)=O. The summed E-state index contributed by atoms with van der Waals surface area (Å²) in [6.45, 7) is 3.85. The molecule has 11 nitrogen and oxygen atoms in total. The van der Waals surface area contributed by atoms with Crippen LogP contribution in [0, 0.1) is 0 Å². The average molecular weight is 493 g/mol. The summed E-state index contributed by atoms with van der Waals surface area (Å²) in [4.78, 5) is 58.2. The van der Waals surface area contributed by atoms with Gasteiger partial charge in [0.1, 0.15) is 18.8 Å². The van der Waals surface area contributed by atoms with Crippen LogP contribution in [0.4, 0.5) is 0 Å². The summed E-state index contributed by atoms with van der Waals surface area (Å²) in [5, 5.41) is 2.25. The van der Waals surface area contributed by atoms with Crippen LogP contribution in [-0.4, -0.2) is 70.8 Å². The van der Waals surface area contributed by atoms with Gasteiger partial charge < -0.3 is 29.0 Å². The van der Waals surface area contributed by atoms with E-state index in [1.165, 1.54) is 0 Å². The Labute approximate surface area is 186 Å². The van der Waals surface area contributed by atoms with Crippen LogP contribution in [-0.2, 0) is 47.7 Å². The number of ether oxygens (including phenoxy) is 5. The van der Waals surface area contributed by atoms with Gasteiger partial charge in [-0.05, 0) is 0 Å². The molecule has 1 fully saturated rings. The molecule has 0 saturated carbocycles. The maximum atomic E-state index is 12.2. The Morgan fingerprint density at radius 2 is 1.33 bits per heavy atom. The van der Waals surface area contributed by atoms with E-state index in [4.69, 9.17) is 58.5 Å². The van der Waals surface area contributed by atoms with Crippen molar-refractivity contribution in [3.05, 3.63) is 0 Å². The van der Waals surface area contributed by atoms with Crippen molar-refractivity contribution in [2.75, 3.05) is 6.61 Å². The lowest BCUT2D eigenvalue weighted by Crippen LogP contribution is -2.67. The molecule has 1 amide bonds. The van der Waals surface area contributed by atoms with Gasteiger partial charge in [0.2, 0.25) is 6.29 Å². The molecule has 0 radical (unpaired) electrons. The summed E-state index contributed by atoms with van der Waals surface area (Å²) in [5.74, 6) is -4.30. The van der Waals surface area contributed by atoms with Gasteiger partial charge in [0, 0.05) is 27.7 Å². The fourth-order valence-electron chi connectivity index (χ4n) is 2.55. The number of carbonyl (C=O) groups is 5. The summed E-state index contributed by atoms with van der Waals surface area (Å²) >= 11 is 16.7. The van der Waals surface area contributed by atoms with Crippen LogP contribution in [0.5, 0.6) is 0 Å². The van der Waals surface area contributed by atoms with Crippen molar-refractivity contribution in [1.29, 1.82) is 0 Å². The second-order valence-corrected chi connectivity index (χ2v) is 8.38. The number of amides is 1. The third-order valence-corrected chi connectivity index (χ3v) is 4.05. The van der Waals surface area contributed by atoms with Gasteiger partial charge in [0.05, 0.1) is 0 Å². The van der Waals surface area contributed by atoms with Crippen molar-refractivity contribution in [2.24, 2.45) is 0 Å². The first-order valence-electron chi connectivity index (χ1n) is 8.40. The molecule has 14 heteroatoms. The molecule has 0 aliphatic carbocycles. The molecule has 0 spiro atoms. The molecule has 1 saturated heterocycles. The van der Waals surface area contributed by atoms with E-state index in [0.717, 1.165) is 27.7 Å². The molecule has 0 aromatic rings. The molecule has 30 heavy (non-hydrogen) atoms. The zero-order valence-electron chi connectivity index (χ0n) is 16.3. The highest BCUT2D eigenvalue weighted by molar-refractivity contribution is 6.76. The Morgan fingerprint density at radius 3 is 1.77 bits per heavy atom. The largest absolute Gasteiger partial charge is 0.463 e. The molecule has 170 valence electrons. The molecule has 0 unspecified atom stereocenters. The molecule has 1 aliphatic heterocycles. The third kappa shape index (κ3) is 8.13. The smallest absolute Gasteiger partial charge is 0.305 e. The topological polar surface area (TPSA) is 144 Å². The fourth-order valence-corrected chi connectivity index (χ4v) is 2.72. The monoisotopic (exact) mass is 491 g/mol. The standard InChI is InChI=1S/C16H20Cl3NO10/c1-6(21)26-5-10-12(27-7(2)22)13(28-8(3)23)11(14(30-10)29-9(4)24)20-15(25)16(17,18)19/h10-14H,5H2,1-4H3,(H,20,25)/t10-,11-,12-,13+,14+/m0/s1. The molecule has 0 aromatic carbocycles. The highest BCUT2D eigenvalue weighted by Gasteiger charge is 2.53. The van der Waals surface area contributed by atoms with E-state index < -0.39 is 70.8 Å². The van der Waals surface area contributed by atoms with Gasteiger partial charge in [-0.25, -0.2) is 0 Å². The highest BCUT2D eigenvalue weighted by atomic mass is 35.6. The zero-order valence-corrected chi connectivity index (χ0v) is 18.6. The normalized spacial score (nSPS) is 26.2. The van der Waals surface area contributed by atoms with E-state index in [2.05, 4.69) is 5.32 Å². The lowest BCUT2D eigenvalue weighted by Gasteiger charge is -2.44. The number of esters is 4. The minimum Gasteiger partial charge on any atom is -0.463 e. The lowest BCUT2D eigenvalue weighted by atomic mass is 9.96. The number of alkyl halides is 3. The van der Waals surface area contributed by atoms with Crippen molar-refractivity contribution in [1.82, 2.24) is 5.32 Å². The first-order chi connectivity index (χ1) is 13.7. The Hall–Kier alpha value is -1.82. The predicted molar refractivity (Wildman–Crippen MR) is 100 cm³/mol. The van der Waals surface area contributed by atoms with Gasteiger partial charge >= 0.3 is 23.9 Å². The Bertz CT molecular complexity index is 695. The summed E-state index contributed by atoms with van der Waals surface area (Å²) in [7, 11) is 0. The van der Waals surface area contributed by atoms with Gasteiger partial charge in [-0.1, -0.05) is 34.8 Å². The van der Waals surface area contributed by atoms with E-state index in [-0.39, 0.29) is 0 Å². The van der Waals surface area contributed by atoms with Gasteiger partial charge in [-0.15, -0.1) is 0 Å². The minimum absolute atomic E-state index is 0.450. The van der Waals surface area contributed by atoms with Crippen LogP contribution >= 0.6 is 34.8 Å². The maximum Gasteiger partial charge on any atom is 0.305 e. The van der Waals surface area contributed by atoms with Crippen molar-refractivity contribution >= 4 is 64.6 Å². The molecule has 5 atom stereocenters. The molecule has 1 heterocycles. The lowest BCUT2D eigenvalue weighted by molar-refractivity contribution is -0.271. The average Bonchev–Trinajstić information content (AvgIpc) is 2.56. The summed E-state index contributed by atoms with van der Waals surface area (Å²) in [5.41, 5.74) is 0. The van der Waals surface area contributed by atoms with Crippen LogP contribution in [0.3, 0.4) is 0 Å². The summed E-state index contributed by atoms with van der Waals surface area (Å²) < 4.78 is 23.5. The first-order valence-corrected chi connectivity index (χ1v) is 9.54. The van der Waals surface area contributed by atoms with Crippen molar-refractivity contribution < 1.29 is 47.7 Å². The summed E-state index contributed by atoms with van der Waals surface area (Å²) in [6, 6.07) is -1.45. The van der Waals surface area contributed by atoms with Crippen molar-refractivity contribution in [3.8, 4) is 0 Å². The number of rotatable bonds is 6. The second kappa shape index (κ2) is 11.0.